The van der Waals surface area contributed by atoms with E-state index in [0.29, 0.717) is 6.54 Å². The third-order valence-electron chi connectivity index (χ3n) is 1.92. The Morgan fingerprint density at radius 2 is 2.20 bits per heavy atom. The lowest BCUT2D eigenvalue weighted by molar-refractivity contribution is 0.242. The third kappa shape index (κ3) is 4.81. The van der Waals surface area contributed by atoms with Crippen LogP contribution in [0.2, 0.25) is 0 Å². The minimum absolute atomic E-state index is 0.220. The smallest absolute Gasteiger partial charge is 0.120 e. The van der Waals surface area contributed by atoms with Crippen molar-refractivity contribution >= 4 is 0 Å². The van der Waals surface area contributed by atoms with Gasteiger partial charge >= 0.3 is 0 Å². The summed E-state index contributed by atoms with van der Waals surface area (Å²) in [6, 6.07) is 8.13. The van der Waals surface area contributed by atoms with Gasteiger partial charge in [0.1, 0.15) is 5.75 Å². The lowest BCUT2D eigenvalue weighted by Gasteiger charge is -2.11. The van der Waals surface area contributed by atoms with Crippen LogP contribution in [-0.2, 0) is 6.54 Å². The molecule has 0 saturated heterocycles. The predicted molar refractivity (Wildman–Crippen MR) is 63.0 cm³/mol. The fourth-order valence-corrected chi connectivity index (χ4v) is 1.34. The van der Waals surface area contributed by atoms with Gasteiger partial charge in [-0.25, -0.2) is 0 Å². The molecule has 0 heterocycles. The minimum atomic E-state index is 0.220. The topological polar surface area (TPSA) is 47.3 Å². The number of rotatable bonds is 6. The summed E-state index contributed by atoms with van der Waals surface area (Å²) in [7, 11) is 0. The zero-order valence-electron chi connectivity index (χ0n) is 9.49. The van der Waals surface area contributed by atoms with Crippen molar-refractivity contribution in [1.82, 2.24) is 5.32 Å². The molecule has 0 amide bonds. The summed E-state index contributed by atoms with van der Waals surface area (Å²) in [6.07, 6.45) is 0.220. The molecule has 3 nitrogen and oxygen atoms in total. The molecule has 1 aromatic carbocycles. The highest BCUT2D eigenvalue weighted by molar-refractivity contribution is 5.28. The maximum atomic E-state index is 5.61. The lowest BCUT2D eigenvalue weighted by Crippen LogP contribution is -2.21. The van der Waals surface area contributed by atoms with E-state index in [1.807, 2.05) is 26.0 Å². The Balaban J connectivity index is 2.50. The second-order valence-corrected chi connectivity index (χ2v) is 3.78. The normalized spacial score (nSPS) is 10.7. The number of nitrogens with one attached hydrogen (secondary N) is 1. The summed E-state index contributed by atoms with van der Waals surface area (Å²) < 4.78 is 5.61. The maximum absolute atomic E-state index is 5.61. The number of hydrogen-bond donors (Lipinski definition) is 2. The van der Waals surface area contributed by atoms with Crippen molar-refractivity contribution < 1.29 is 4.74 Å². The van der Waals surface area contributed by atoms with Crippen LogP contribution in [-0.4, -0.2) is 19.2 Å². The monoisotopic (exact) mass is 208 g/mol. The number of hydrogen-bond acceptors (Lipinski definition) is 3. The van der Waals surface area contributed by atoms with Crippen molar-refractivity contribution in [3.05, 3.63) is 29.8 Å². The summed E-state index contributed by atoms with van der Waals surface area (Å²) in [5, 5.41) is 3.25. The van der Waals surface area contributed by atoms with E-state index in [4.69, 9.17) is 10.5 Å². The van der Waals surface area contributed by atoms with Gasteiger partial charge in [-0.2, -0.15) is 0 Å². The maximum Gasteiger partial charge on any atom is 0.120 e. The first-order valence-corrected chi connectivity index (χ1v) is 5.38. The Labute approximate surface area is 91.6 Å². The quantitative estimate of drug-likeness (QED) is 0.697. The van der Waals surface area contributed by atoms with Gasteiger partial charge in [0.25, 0.3) is 0 Å². The minimum Gasteiger partial charge on any atom is -0.491 e. The highest BCUT2D eigenvalue weighted by atomic mass is 16.5. The van der Waals surface area contributed by atoms with E-state index in [1.165, 1.54) is 5.56 Å². The molecule has 0 saturated carbocycles. The van der Waals surface area contributed by atoms with Crippen molar-refractivity contribution in [2.75, 3.05) is 13.1 Å². The molecule has 0 bridgehead atoms. The molecule has 0 aliphatic rings. The van der Waals surface area contributed by atoms with Gasteiger partial charge in [-0.15, -0.1) is 0 Å². The Bertz CT molecular complexity index is 287. The van der Waals surface area contributed by atoms with Gasteiger partial charge in [-0.3, -0.25) is 0 Å². The Hall–Kier alpha value is -1.06. The van der Waals surface area contributed by atoms with Crippen LogP contribution in [0, 0.1) is 0 Å². The molecule has 15 heavy (non-hydrogen) atoms. The fourth-order valence-electron chi connectivity index (χ4n) is 1.34. The van der Waals surface area contributed by atoms with E-state index in [0.717, 1.165) is 18.8 Å². The molecule has 0 fully saturated rings. The van der Waals surface area contributed by atoms with Crippen LogP contribution in [0.15, 0.2) is 24.3 Å². The van der Waals surface area contributed by atoms with E-state index in [-0.39, 0.29) is 6.10 Å². The summed E-state index contributed by atoms with van der Waals surface area (Å²) in [5.41, 5.74) is 6.62. The van der Waals surface area contributed by atoms with Gasteiger partial charge in [0.05, 0.1) is 6.10 Å². The zero-order valence-corrected chi connectivity index (χ0v) is 9.49. The standard InChI is InChI=1S/C12H20N2O/c1-10(2)15-12-5-3-4-11(8-12)9-14-7-6-13/h3-5,8,10,14H,6-7,9,13H2,1-2H3. The highest BCUT2D eigenvalue weighted by Gasteiger charge is 1.98. The van der Waals surface area contributed by atoms with Gasteiger partial charge < -0.3 is 15.8 Å². The molecule has 1 rings (SSSR count). The second-order valence-electron chi connectivity index (χ2n) is 3.78. The first kappa shape index (κ1) is 12.0. The zero-order chi connectivity index (χ0) is 11.1. The third-order valence-corrected chi connectivity index (χ3v) is 1.92. The van der Waals surface area contributed by atoms with Crippen LogP contribution in [0.5, 0.6) is 5.75 Å². The van der Waals surface area contributed by atoms with Crippen molar-refractivity contribution in [3.8, 4) is 5.75 Å². The second kappa shape index (κ2) is 6.43. The summed E-state index contributed by atoms with van der Waals surface area (Å²) >= 11 is 0. The number of ether oxygens (including phenoxy) is 1. The first-order valence-electron chi connectivity index (χ1n) is 5.38. The van der Waals surface area contributed by atoms with Crippen molar-refractivity contribution in [2.24, 2.45) is 5.73 Å². The number of benzene rings is 1. The van der Waals surface area contributed by atoms with Gasteiger partial charge in [0.15, 0.2) is 0 Å². The van der Waals surface area contributed by atoms with E-state index >= 15 is 0 Å². The predicted octanol–water partition coefficient (Wildman–Crippen LogP) is 1.52. The molecule has 0 aromatic heterocycles. The van der Waals surface area contributed by atoms with E-state index < -0.39 is 0 Å². The van der Waals surface area contributed by atoms with Gasteiger partial charge in [0.2, 0.25) is 0 Å². The van der Waals surface area contributed by atoms with Gasteiger partial charge in [0, 0.05) is 19.6 Å². The van der Waals surface area contributed by atoms with Crippen LogP contribution in [0.4, 0.5) is 0 Å². The molecule has 0 radical (unpaired) electrons. The highest BCUT2D eigenvalue weighted by Crippen LogP contribution is 2.14. The fraction of sp³-hybridized carbons (Fsp3) is 0.500. The molecule has 0 aliphatic carbocycles. The molecule has 0 spiro atoms. The summed E-state index contributed by atoms with van der Waals surface area (Å²) in [6.45, 7) is 6.41. The van der Waals surface area contributed by atoms with Crippen molar-refractivity contribution in [2.45, 2.75) is 26.5 Å². The summed E-state index contributed by atoms with van der Waals surface area (Å²) in [5.74, 6) is 0.928. The van der Waals surface area contributed by atoms with Crippen molar-refractivity contribution in [1.29, 1.82) is 0 Å². The van der Waals surface area contributed by atoms with Crippen LogP contribution in [0.1, 0.15) is 19.4 Å². The van der Waals surface area contributed by atoms with Crippen molar-refractivity contribution in [3.63, 3.8) is 0 Å². The average molecular weight is 208 g/mol. The molecule has 0 unspecified atom stereocenters. The lowest BCUT2D eigenvalue weighted by atomic mass is 10.2. The van der Waals surface area contributed by atoms with E-state index in [9.17, 15) is 0 Å². The van der Waals surface area contributed by atoms with Crippen LogP contribution >= 0.6 is 0 Å². The molecule has 0 aliphatic heterocycles. The Kier molecular flexibility index (Phi) is 5.15. The summed E-state index contributed by atoms with van der Waals surface area (Å²) in [4.78, 5) is 0. The van der Waals surface area contributed by atoms with Gasteiger partial charge in [-0.05, 0) is 31.5 Å². The van der Waals surface area contributed by atoms with Crippen LogP contribution in [0.25, 0.3) is 0 Å². The SMILES string of the molecule is CC(C)Oc1cccc(CNCCN)c1. The number of nitrogens with two attached hydrogens (primary N) is 1. The molecular weight excluding hydrogens is 188 g/mol. The first-order chi connectivity index (χ1) is 7.22. The molecule has 1 aromatic rings. The molecule has 0 atom stereocenters. The van der Waals surface area contributed by atoms with Crippen LogP contribution in [0.3, 0.4) is 0 Å². The Morgan fingerprint density at radius 1 is 1.40 bits per heavy atom. The largest absolute Gasteiger partial charge is 0.491 e. The van der Waals surface area contributed by atoms with E-state index in [1.54, 1.807) is 0 Å². The molecule has 3 heteroatoms. The van der Waals surface area contributed by atoms with Crippen LogP contribution < -0.4 is 15.8 Å². The van der Waals surface area contributed by atoms with E-state index in [2.05, 4.69) is 17.4 Å². The molecule has 84 valence electrons. The van der Waals surface area contributed by atoms with Gasteiger partial charge in [-0.1, -0.05) is 12.1 Å². The average Bonchev–Trinajstić information content (AvgIpc) is 2.18. The molecular formula is C12H20N2O. The Morgan fingerprint density at radius 3 is 2.87 bits per heavy atom. The molecule has 3 N–H and O–H groups in total.